The molecule has 16 heteroatoms. The molecular weight excluding hydrogens is 715 g/mol. The molecule has 53 heavy (non-hydrogen) atoms. The first-order chi connectivity index (χ1) is 25.3. The summed E-state index contributed by atoms with van der Waals surface area (Å²) < 4.78 is 89.5. The van der Waals surface area contributed by atoms with Crippen molar-refractivity contribution in [2.45, 2.75) is 50.4 Å². The molecule has 1 spiro atoms. The summed E-state index contributed by atoms with van der Waals surface area (Å²) in [4.78, 5) is 26.1. The molecule has 0 saturated heterocycles. The van der Waals surface area contributed by atoms with E-state index < -0.39 is 39.1 Å². The lowest BCUT2D eigenvalue weighted by Crippen LogP contribution is -2.40. The molecule has 6 aromatic rings. The lowest BCUT2D eigenvalue weighted by molar-refractivity contribution is -0.125. The Morgan fingerprint density at radius 2 is 1.85 bits per heavy atom. The number of carbonyl (C=O) groups is 1. The van der Waals surface area contributed by atoms with Gasteiger partial charge in [0.1, 0.15) is 17.2 Å². The van der Waals surface area contributed by atoms with Gasteiger partial charge in [0, 0.05) is 45.4 Å². The van der Waals surface area contributed by atoms with Gasteiger partial charge in [-0.1, -0.05) is 51.1 Å². The van der Waals surface area contributed by atoms with Gasteiger partial charge in [-0.05, 0) is 41.7 Å². The topological polar surface area (TPSA) is 162 Å². The van der Waals surface area contributed by atoms with Crippen molar-refractivity contribution in [3.63, 3.8) is 0 Å². The van der Waals surface area contributed by atoms with E-state index in [-0.39, 0.29) is 46.5 Å². The Morgan fingerprint density at radius 3 is 2.64 bits per heavy atom. The van der Waals surface area contributed by atoms with Gasteiger partial charge < -0.3 is 33.4 Å². The molecule has 0 saturated carbocycles. The molecule has 10 bridgehead atoms. The number of hydrogen-bond acceptors (Lipinski definition) is 10. The molecule has 3 aromatic heterocycles. The zero-order valence-corrected chi connectivity index (χ0v) is 28.9. The Hall–Kier alpha value is -5.77. The van der Waals surface area contributed by atoms with Crippen molar-refractivity contribution >= 4 is 32.6 Å². The minimum Gasteiger partial charge on any atom is -0.469 e. The Bertz CT molecular complexity index is 2680. The molecule has 3 aromatic carbocycles. The highest BCUT2D eigenvalue weighted by atomic mass is 32.2. The number of ether oxygens (including phenoxy) is 1. The smallest absolute Gasteiger partial charge is 0.469 e. The molecule has 7 heterocycles. The molecular formula is C37H28F3N5O7S. The molecule has 10 rings (SSSR count). The Kier molecular flexibility index (Phi) is 6.28. The van der Waals surface area contributed by atoms with E-state index in [1.54, 1.807) is 0 Å². The van der Waals surface area contributed by atoms with Crippen LogP contribution in [0.25, 0.3) is 44.9 Å². The summed E-state index contributed by atoms with van der Waals surface area (Å²) in [6.07, 6.45) is 2.63. The van der Waals surface area contributed by atoms with Gasteiger partial charge in [-0.3, -0.25) is 4.79 Å². The second-order valence-corrected chi connectivity index (χ2v) is 15.7. The number of nitrogens with one attached hydrogen (secondary N) is 3. The third-order valence-corrected chi connectivity index (χ3v) is 11.6. The maximum absolute atomic E-state index is 13.6. The van der Waals surface area contributed by atoms with Crippen LogP contribution in [0, 0.1) is 11.8 Å². The first-order valence-corrected chi connectivity index (χ1v) is 18.3. The van der Waals surface area contributed by atoms with Crippen LogP contribution in [-0.4, -0.2) is 41.0 Å². The highest BCUT2D eigenvalue weighted by molar-refractivity contribution is 7.88. The first-order valence-electron chi connectivity index (χ1n) is 16.9. The van der Waals surface area contributed by atoms with Crippen molar-refractivity contribution < 1.29 is 44.1 Å². The van der Waals surface area contributed by atoms with Crippen LogP contribution in [0.1, 0.15) is 55.2 Å². The third kappa shape index (κ3) is 4.23. The van der Waals surface area contributed by atoms with Crippen molar-refractivity contribution in [1.82, 2.24) is 20.3 Å². The van der Waals surface area contributed by atoms with Gasteiger partial charge in [0.15, 0.2) is 29.2 Å². The van der Waals surface area contributed by atoms with Crippen LogP contribution in [0.2, 0.25) is 0 Å². The van der Waals surface area contributed by atoms with Gasteiger partial charge >= 0.3 is 15.6 Å². The van der Waals surface area contributed by atoms with E-state index in [4.69, 9.17) is 18.6 Å². The number of benzene rings is 3. The summed E-state index contributed by atoms with van der Waals surface area (Å²) in [5.41, 5.74) is -1.92. The normalized spacial score (nSPS) is 22.4. The number of H-pyrrole nitrogens is 1. The maximum atomic E-state index is 13.6. The van der Waals surface area contributed by atoms with E-state index in [0.717, 1.165) is 16.7 Å². The largest absolute Gasteiger partial charge is 0.534 e. The fraction of sp³-hybridized carbons (Fsp3) is 0.270. The van der Waals surface area contributed by atoms with Crippen LogP contribution in [0.15, 0.2) is 69.8 Å². The highest BCUT2D eigenvalue weighted by Gasteiger charge is 2.61. The zero-order chi connectivity index (χ0) is 36.8. The van der Waals surface area contributed by atoms with Crippen LogP contribution >= 0.6 is 0 Å². The molecule has 1 unspecified atom stereocenters. The standard InChI is InChI=1S/C37H28F3N5O7S/c1-15(2)27-34-44-30-31(51-34)36-21-6-4-5-19(28(21)45-35(36)50-23-9-7-17(12-22(23)36)11-16(3)32(46)43-27)18-8-10-24(52-53(47,48)37(38,39)40)29-26(18)20(13-41-29)25-14-42-33(30)49-25/h4-10,12-16,27,35,41,45H,11H2,1-3H3,(H,43,46)/t16-,27-,35?,36-/m0/s1. The number of aromatic amines is 1. The maximum Gasteiger partial charge on any atom is 0.534 e. The number of nitrogens with zero attached hydrogens (tertiary/aromatic N) is 2. The fourth-order valence-electron chi connectivity index (χ4n) is 8.17. The van der Waals surface area contributed by atoms with E-state index in [2.05, 4.69) is 24.8 Å². The first kappa shape index (κ1) is 31.9. The summed E-state index contributed by atoms with van der Waals surface area (Å²) in [5, 5.41) is 7.08. The second-order valence-electron chi connectivity index (χ2n) is 14.2. The monoisotopic (exact) mass is 743 g/mol. The van der Waals surface area contributed by atoms with E-state index >= 15 is 0 Å². The van der Waals surface area contributed by atoms with Crippen molar-refractivity contribution in [2.24, 2.45) is 11.8 Å². The van der Waals surface area contributed by atoms with Crippen LogP contribution in [0.3, 0.4) is 0 Å². The quantitative estimate of drug-likeness (QED) is 0.125. The summed E-state index contributed by atoms with van der Waals surface area (Å²) >= 11 is 0. The summed E-state index contributed by atoms with van der Waals surface area (Å²) in [7, 11) is -6.00. The number of alkyl halides is 3. The van der Waals surface area contributed by atoms with Gasteiger partial charge in [0.25, 0.3) is 0 Å². The predicted molar refractivity (Wildman–Crippen MR) is 183 cm³/mol. The predicted octanol–water partition coefficient (Wildman–Crippen LogP) is 7.17. The van der Waals surface area contributed by atoms with E-state index in [1.165, 1.54) is 24.5 Å². The molecule has 4 atom stereocenters. The van der Waals surface area contributed by atoms with Gasteiger partial charge in [-0.25, -0.2) is 9.97 Å². The third-order valence-electron chi connectivity index (χ3n) is 10.6. The molecule has 4 aliphatic rings. The van der Waals surface area contributed by atoms with Crippen molar-refractivity contribution in [3.8, 4) is 45.5 Å². The molecule has 270 valence electrons. The molecule has 4 aliphatic heterocycles. The average Bonchev–Trinajstić information content (AvgIpc) is 3.92. The van der Waals surface area contributed by atoms with Gasteiger partial charge in [-0.2, -0.15) is 21.6 Å². The van der Waals surface area contributed by atoms with E-state index in [0.29, 0.717) is 45.7 Å². The van der Waals surface area contributed by atoms with Crippen LogP contribution < -0.4 is 19.6 Å². The van der Waals surface area contributed by atoms with Gasteiger partial charge in [-0.15, -0.1) is 0 Å². The number of carbonyl (C=O) groups excluding carboxylic acids is 1. The average molecular weight is 744 g/mol. The molecule has 12 nitrogen and oxygen atoms in total. The van der Waals surface area contributed by atoms with Gasteiger partial charge in [0.05, 0.1) is 11.7 Å². The van der Waals surface area contributed by atoms with Gasteiger partial charge in [0.2, 0.25) is 17.7 Å². The summed E-state index contributed by atoms with van der Waals surface area (Å²) in [5.74, 6) is 0.314. The number of para-hydroxylation sites is 1. The van der Waals surface area contributed by atoms with Crippen LogP contribution in [0.5, 0.6) is 11.5 Å². The molecule has 0 aliphatic carbocycles. The minimum absolute atomic E-state index is 0.00970. The Balaban J connectivity index is 1.32. The Morgan fingerprint density at radius 1 is 1.02 bits per heavy atom. The van der Waals surface area contributed by atoms with Crippen molar-refractivity contribution in [3.05, 3.63) is 89.3 Å². The molecule has 3 N–H and O–H groups in total. The zero-order valence-electron chi connectivity index (χ0n) is 28.1. The lowest BCUT2D eigenvalue weighted by atomic mass is 9.72. The highest BCUT2D eigenvalue weighted by Crippen LogP contribution is 2.61. The number of oxazole rings is 2. The van der Waals surface area contributed by atoms with E-state index in [9.17, 15) is 26.4 Å². The number of halogens is 3. The number of anilines is 1. The van der Waals surface area contributed by atoms with Crippen molar-refractivity contribution in [1.29, 1.82) is 0 Å². The number of fused-ring (bicyclic) bond motifs is 7. The van der Waals surface area contributed by atoms with Crippen molar-refractivity contribution in [2.75, 3.05) is 5.32 Å². The molecule has 0 radical (unpaired) electrons. The number of rotatable bonds is 3. The number of aromatic nitrogens is 3. The lowest BCUT2D eigenvalue weighted by Gasteiger charge is -2.28. The SMILES string of the molecule is CC(C)[C@@H]1NC(=O)[C@@H](C)Cc2ccc3c(c2)[C@]24c5cccc(c5NC2O3)-c2ccc(OS(=O)(=O)C(F)(F)F)c3[nH]cc(c23)-c2cnc(o2)-c2nc1oc24. The van der Waals surface area contributed by atoms with Crippen LogP contribution in [0.4, 0.5) is 18.9 Å². The molecule has 1 amide bonds. The Labute approximate surface area is 298 Å². The summed E-state index contributed by atoms with van der Waals surface area (Å²) in [6.45, 7) is 5.80. The minimum atomic E-state index is -6.00. The molecule has 0 fully saturated rings. The van der Waals surface area contributed by atoms with E-state index in [1.807, 2.05) is 57.2 Å². The number of hydrogen-bond donors (Lipinski definition) is 3. The summed E-state index contributed by atoms with van der Waals surface area (Å²) in [6, 6.07) is 13.6. The second kappa shape index (κ2) is 10.4. The fourth-order valence-corrected chi connectivity index (χ4v) is 8.64. The number of amides is 1. The van der Waals surface area contributed by atoms with Crippen LogP contribution in [-0.2, 0) is 26.7 Å².